The standard InChI is InChI=1S/C19H29NO3/c1-12(2)7-14-11-20-6-5-13-8-18(22-3)19(23-4)9-15(13)16(20)10-17(14)21/h8-9,12,14,16-17,21H,5-7,10-11H2,1-4H3/i5D2,6D2,8D,9D,10D2,11D2,14D,17D. The summed E-state index contributed by atoms with van der Waals surface area (Å²) in [5.74, 6) is -4.30. The molecule has 0 radical (unpaired) electrons. The molecular weight excluding hydrogens is 290 g/mol. The van der Waals surface area contributed by atoms with E-state index in [9.17, 15) is 5.11 Å². The predicted molar refractivity (Wildman–Crippen MR) is 91.1 cm³/mol. The van der Waals surface area contributed by atoms with Crippen LogP contribution in [0.15, 0.2) is 12.1 Å². The number of piperidine rings is 1. The summed E-state index contributed by atoms with van der Waals surface area (Å²) >= 11 is 0. The van der Waals surface area contributed by atoms with E-state index < -0.39 is 90.8 Å². The lowest BCUT2D eigenvalue weighted by atomic mass is 9.79. The summed E-state index contributed by atoms with van der Waals surface area (Å²) in [6.45, 7) is -3.56. The van der Waals surface area contributed by atoms with Crippen LogP contribution in [0.5, 0.6) is 11.5 Å². The normalized spacial score (nSPS) is 50.3. The quantitative estimate of drug-likeness (QED) is 0.921. The van der Waals surface area contributed by atoms with Crippen LogP contribution in [0.2, 0.25) is 0 Å². The Morgan fingerprint density at radius 2 is 2.09 bits per heavy atom. The molecule has 1 N–H and O–H groups in total. The average molecular weight is 332 g/mol. The van der Waals surface area contributed by atoms with Gasteiger partial charge < -0.3 is 14.6 Å². The summed E-state index contributed by atoms with van der Waals surface area (Å²) in [6.07, 6.45) is -10.5. The first-order valence-corrected chi connectivity index (χ1v) is 7.40. The number of hydrogen-bond donors (Lipinski definition) is 1. The van der Waals surface area contributed by atoms with Crippen LogP contribution < -0.4 is 9.47 Å². The molecule has 1 aromatic rings. The maximum Gasteiger partial charge on any atom is 0.161 e. The highest BCUT2D eigenvalue weighted by Crippen LogP contribution is 2.43. The number of rotatable bonds is 4. The van der Waals surface area contributed by atoms with Crippen molar-refractivity contribution in [1.29, 1.82) is 0 Å². The van der Waals surface area contributed by atoms with Gasteiger partial charge in [0.1, 0.15) is 0 Å². The molecule has 1 fully saturated rings. The van der Waals surface area contributed by atoms with Gasteiger partial charge in [0, 0.05) is 31.4 Å². The number of fused-ring (bicyclic) bond motifs is 3. The monoisotopic (exact) mass is 331 g/mol. The highest BCUT2D eigenvalue weighted by Gasteiger charge is 2.38. The first-order chi connectivity index (χ1) is 15.6. The summed E-state index contributed by atoms with van der Waals surface area (Å²) < 4.78 is 115. The van der Waals surface area contributed by atoms with Crippen molar-refractivity contribution in [2.75, 3.05) is 27.2 Å². The largest absolute Gasteiger partial charge is 0.493 e. The van der Waals surface area contributed by atoms with Gasteiger partial charge in [-0.3, -0.25) is 4.90 Å². The Hall–Kier alpha value is -1.26. The van der Waals surface area contributed by atoms with Crippen molar-refractivity contribution < 1.29 is 31.0 Å². The van der Waals surface area contributed by atoms with Gasteiger partial charge in [0.25, 0.3) is 0 Å². The summed E-state index contributed by atoms with van der Waals surface area (Å²) in [4.78, 5) is 0.185. The lowest BCUT2D eigenvalue weighted by Gasteiger charge is -2.46. The van der Waals surface area contributed by atoms with Gasteiger partial charge in [-0.1, -0.05) is 13.8 Å². The van der Waals surface area contributed by atoms with Gasteiger partial charge in [0.15, 0.2) is 11.5 Å². The van der Waals surface area contributed by atoms with Crippen molar-refractivity contribution in [3.8, 4) is 11.5 Å². The van der Waals surface area contributed by atoms with E-state index in [1.807, 2.05) is 0 Å². The highest BCUT2D eigenvalue weighted by molar-refractivity contribution is 5.49. The maximum atomic E-state index is 11.2. The fraction of sp³-hybridized carbons (Fsp3) is 0.684. The van der Waals surface area contributed by atoms with Gasteiger partial charge >= 0.3 is 0 Å². The molecule has 3 unspecified atom stereocenters. The minimum absolute atomic E-state index is 0.185. The van der Waals surface area contributed by atoms with Crippen LogP contribution in [0.25, 0.3) is 0 Å². The smallest absolute Gasteiger partial charge is 0.161 e. The van der Waals surface area contributed by atoms with E-state index in [2.05, 4.69) is 0 Å². The molecule has 3 rings (SSSR count). The van der Waals surface area contributed by atoms with Gasteiger partial charge in [0.05, 0.1) is 24.4 Å². The van der Waals surface area contributed by atoms with Crippen LogP contribution in [0.1, 0.15) is 60.3 Å². The van der Waals surface area contributed by atoms with E-state index in [1.165, 1.54) is 0 Å². The van der Waals surface area contributed by atoms with Crippen molar-refractivity contribution in [2.24, 2.45) is 11.8 Å². The summed E-state index contributed by atoms with van der Waals surface area (Å²) in [5, 5.41) is 11.2. The molecule has 0 spiro atoms. The van der Waals surface area contributed by atoms with Crippen LogP contribution in [-0.2, 0) is 6.37 Å². The Morgan fingerprint density at radius 1 is 1.39 bits per heavy atom. The molecule has 3 atom stereocenters. The topological polar surface area (TPSA) is 41.9 Å². The third kappa shape index (κ3) is 3.20. The molecule has 2 heterocycles. The zero-order chi connectivity index (χ0) is 27.3. The van der Waals surface area contributed by atoms with Crippen molar-refractivity contribution in [3.63, 3.8) is 0 Å². The van der Waals surface area contributed by atoms with Gasteiger partial charge in [-0.25, -0.2) is 0 Å². The number of nitrogens with zero attached hydrogens (tertiary/aromatic N) is 1. The number of aliphatic hydroxyl groups is 1. The number of benzene rings is 1. The molecule has 2 aliphatic heterocycles. The molecule has 1 saturated heterocycles. The maximum absolute atomic E-state index is 11.2. The molecular formula is C19H29NO3. The summed E-state index contributed by atoms with van der Waals surface area (Å²) in [6, 6.07) is -3.71. The average Bonchev–Trinajstić information content (AvgIpc) is 2.69. The lowest BCUT2D eigenvalue weighted by molar-refractivity contribution is -0.0191. The van der Waals surface area contributed by atoms with E-state index in [4.69, 9.17) is 25.9 Å². The summed E-state index contributed by atoms with van der Waals surface area (Å²) in [7, 11) is 2.26. The Morgan fingerprint density at radius 3 is 2.74 bits per heavy atom. The van der Waals surface area contributed by atoms with E-state index in [0.717, 1.165) is 14.2 Å². The molecule has 0 aliphatic carbocycles. The zero-order valence-corrected chi connectivity index (χ0v) is 13.6. The zero-order valence-electron chi connectivity index (χ0n) is 25.6. The Balaban J connectivity index is 2.59. The third-order valence-electron chi connectivity index (χ3n) is 3.63. The Kier molecular flexibility index (Phi) is 2.13. The molecule has 2 aliphatic rings. The second-order valence-electron chi connectivity index (χ2n) is 5.80. The first kappa shape index (κ1) is 7.32. The fourth-order valence-electron chi connectivity index (χ4n) is 2.57. The fourth-order valence-corrected chi connectivity index (χ4v) is 2.57. The van der Waals surface area contributed by atoms with Crippen molar-refractivity contribution in [2.45, 2.75) is 45.1 Å². The minimum atomic E-state index is -3.48. The minimum Gasteiger partial charge on any atom is -0.493 e. The second-order valence-corrected chi connectivity index (χ2v) is 5.80. The molecule has 0 bridgehead atoms. The van der Waals surface area contributed by atoms with Crippen molar-refractivity contribution in [1.82, 2.24) is 4.90 Å². The van der Waals surface area contributed by atoms with Gasteiger partial charge in [-0.2, -0.15) is 0 Å². The van der Waals surface area contributed by atoms with E-state index >= 15 is 0 Å². The van der Waals surface area contributed by atoms with Crippen LogP contribution in [-0.4, -0.2) is 43.3 Å². The Labute approximate surface area is 156 Å². The molecule has 1 aromatic carbocycles. The molecule has 23 heavy (non-hydrogen) atoms. The molecule has 0 saturated carbocycles. The first-order valence-electron chi connectivity index (χ1n) is 13.4. The van der Waals surface area contributed by atoms with Crippen LogP contribution in [0.4, 0.5) is 0 Å². The molecule has 4 heteroatoms. The van der Waals surface area contributed by atoms with Crippen LogP contribution in [0.3, 0.4) is 0 Å². The van der Waals surface area contributed by atoms with Gasteiger partial charge in [-0.15, -0.1) is 0 Å². The SMILES string of the molecule is [2H]c1c(OC)c(OC)c([2H])c2c1C1N(C([2H])([2H])C2([2H])[2H])C([2H])([2H])C([2H])(CC(C)C)C([2H])(O)C1([2H])[2H]. The number of ether oxygens (including phenoxy) is 2. The van der Waals surface area contributed by atoms with Gasteiger partial charge in [0.2, 0.25) is 0 Å². The molecule has 0 aromatic heterocycles. The van der Waals surface area contributed by atoms with E-state index in [1.54, 1.807) is 13.8 Å². The molecule has 4 nitrogen and oxygen atoms in total. The number of hydrogen-bond acceptors (Lipinski definition) is 4. The van der Waals surface area contributed by atoms with E-state index in [-0.39, 0.29) is 4.90 Å². The molecule has 0 amide bonds. The molecule has 128 valence electrons. The third-order valence-corrected chi connectivity index (χ3v) is 3.63. The van der Waals surface area contributed by atoms with Crippen molar-refractivity contribution >= 4 is 0 Å². The van der Waals surface area contributed by atoms with Crippen LogP contribution >= 0.6 is 0 Å². The second kappa shape index (κ2) is 6.70. The van der Waals surface area contributed by atoms with Gasteiger partial charge in [-0.05, 0) is 54.2 Å². The predicted octanol–water partition coefficient (Wildman–Crippen LogP) is 3.03. The summed E-state index contributed by atoms with van der Waals surface area (Å²) in [5.41, 5.74) is -1.43. The highest BCUT2D eigenvalue weighted by atomic mass is 16.5. The van der Waals surface area contributed by atoms with Crippen LogP contribution in [0, 0.1) is 11.8 Å². The lowest BCUT2D eigenvalue weighted by Crippen LogP contribution is -2.48. The number of methoxy groups -OCH3 is 2. The van der Waals surface area contributed by atoms with E-state index in [0.29, 0.717) is 0 Å². The van der Waals surface area contributed by atoms with Crippen molar-refractivity contribution in [3.05, 3.63) is 23.2 Å². The Bertz CT molecular complexity index is 1040.